The van der Waals surface area contributed by atoms with Crippen LogP contribution in [-0.4, -0.2) is 38.3 Å². The van der Waals surface area contributed by atoms with E-state index in [-0.39, 0.29) is 18.3 Å². The third kappa shape index (κ3) is 8.82. The van der Waals surface area contributed by atoms with E-state index in [0.717, 1.165) is 64.9 Å². The van der Waals surface area contributed by atoms with E-state index in [0.29, 0.717) is 0 Å². The molecule has 0 N–H and O–H groups in total. The molecule has 12 aromatic rings. The standard InChI is InChI=1S/C28H18N2.C22H23BO2.C12H7BrN2/c1-2-11-24-19(6-1)7-4-12-25(24)22-8-3-9-23(18-22)26-16-15-21-14-13-20-10-5-17-29-27(20)28(21)30-26;1-21(2)22(3,4)25-23(24-21)18-12-7-11-17(15-18)20-14-8-10-16-9-5-6-13-19(16)20;13-10-6-5-9-4-3-8-2-1-7-14-11(8)12(9)15-10/h1-18H;5-15H,1-4H3;1-7H. The molecule has 0 unspecified atom stereocenters. The zero-order valence-electron chi connectivity index (χ0n) is 39.3. The molecular weight excluding hydrogens is 923 g/mol. The van der Waals surface area contributed by atoms with Crippen molar-refractivity contribution in [2.24, 2.45) is 0 Å². The highest BCUT2D eigenvalue weighted by atomic mass is 79.9. The van der Waals surface area contributed by atoms with Crippen LogP contribution in [0, 0.1) is 0 Å². The van der Waals surface area contributed by atoms with Crippen molar-refractivity contribution in [2.75, 3.05) is 0 Å². The third-order valence-electron chi connectivity index (χ3n) is 13.6. The summed E-state index contributed by atoms with van der Waals surface area (Å²) in [6, 6.07) is 71.6. The van der Waals surface area contributed by atoms with Crippen LogP contribution < -0.4 is 5.46 Å². The maximum atomic E-state index is 6.21. The van der Waals surface area contributed by atoms with Crippen molar-refractivity contribution in [3.63, 3.8) is 0 Å². The predicted octanol–water partition coefficient (Wildman–Crippen LogP) is 15.6. The van der Waals surface area contributed by atoms with E-state index in [9.17, 15) is 0 Å². The Morgan fingerprint density at radius 1 is 0.386 bits per heavy atom. The smallest absolute Gasteiger partial charge is 0.399 e. The van der Waals surface area contributed by atoms with Crippen LogP contribution in [0.25, 0.3) is 98.7 Å². The van der Waals surface area contributed by atoms with Crippen LogP contribution in [0.15, 0.2) is 223 Å². The van der Waals surface area contributed by atoms with Gasteiger partial charge in [-0.2, -0.15) is 0 Å². The molecule has 0 saturated carbocycles. The Balaban J connectivity index is 0.000000120. The van der Waals surface area contributed by atoms with Gasteiger partial charge in [-0.15, -0.1) is 0 Å². The summed E-state index contributed by atoms with van der Waals surface area (Å²) in [7, 11) is -0.333. The minimum Gasteiger partial charge on any atom is -0.399 e. The molecule has 1 saturated heterocycles. The minimum atomic E-state index is -0.333. The molecule has 13 rings (SSSR count). The molecule has 6 nitrogen and oxygen atoms in total. The van der Waals surface area contributed by atoms with Crippen molar-refractivity contribution in [3.8, 4) is 33.5 Å². The lowest BCUT2D eigenvalue weighted by molar-refractivity contribution is 0.00578. The first-order chi connectivity index (χ1) is 34.1. The van der Waals surface area contributed by atoms with Crippen LogP contribution in [0.2, 0.25) is 0 Å². The number of nitrogens with zero attached hydrogens (tertiary/aromatic N) is 4. The summed E-state index contributed by atoms with van der Waals surface area (Å²) in [4.78, 5) is 18.4. The fourth-order valence-corrected chi connectivity index (χ4v) is 9.53. The molecular formula is C62H48BBrN4O2. The van der Waals surface area contributed by atoms with Crippen LogP contribution in [0.4, 0.5) is 0 Å². The van der Waals surface area contributed by atoms with Gasteiger partial charge in [0.1, 0.15) is 4.60 Å². The second-order valence-electron chi connectivity index (χ2n) is 18.6. The van der Waals surface area contributed by atoms with Gasteiger partial charge in [-0.3, -0.25) is 9.97 Å². The zero-order chi connectivity index (χ0) is 47.8. The number of pyridine rings is 4. The van der Waals surface area contributed by atoms with Crippen LogP contribution in [0.5, 0.6) is 0 Å². The first-order valence-electron chi connectivity index (χ1n) is 23.6. The van der Waals surface area contributed by atoms with E-state index in [1.54, 1.807) is 6.20 Å². The van der Waals surface area contributed by atoms with E-state index < -0.39 is 0 Å². The first-order valence-corrected chi connectivity index (χ1v) is 24.3. The number of aromatic nitrogens is 4. The van der Waals surface area contributed by atoms with Gasteiger partial charge in [0.15, 0.2) is 0 Å². The van der Waals surface area contributed by atoms with E-state index >= 15 is 0 Å². The van der Waals surface area contributed by atoms with Crippen LogP contribution in [0.3, 0.4) is 0 Å². The molecule has 8 aromatic carbocycles. The fourth-order valence-electron chi connectivity index (χ4n) is 9.22. The van der Waals surface area contributed by atoms with Crippen molar-refractivity contribution in [3.05, 3.63) is 223 Å². The third-order valence-corrected chi connectivity index (χ3v) is 14.0. The number of halogens is 1. The molecule has 1 aliphatic rings. The quantitative estimate of drug-likeness (QED) is 0.0994. The average molecular weight is 972 g/mol. The maximum absolute atomic E-state index is 6.21. The largest absolute Gasteiger partial charge is 0.494 e. The Morgan fingerprint density at radius 2 is 0.829 bits per heavy atom. The molecule has 0 amide bonds. The summed E-state index contributed by atoms with van der Waals surface area (Å²) >= 11 is 3.38. The van der Waals surface area contributed by atoms with E-state index in [2.05, 4.69) is 235 Å². The second-order valence-corrected chi connectivity index (χ2v) is 19.4. The Labute approximate surface area is 416 Å². The van der Waals surface area contributed by atoms with Crippen molar-refractivity contribution < 1.29 is 9.31 Å². The van der Waals surface area contributed by atoms with Crippen molar-refractivity contribution in [1.82, 2.24) is 19.9 Å². The van der Waals surface area contributed by atoms with Crippen molar-refractivity contribution in [2.45, 2.75) is 38.9 Å². The molecule has 0 atom stereocenters. The summed E-state index contributed by atoms with van der Waals surface area (Å²) in [5, 5.41) is 9.48. The van der Waals surface area contributed by atoms with Crippen LogP contribution in [0.1, 0.15) is 27.7 Å². The molecule has 70 heavy (non-hydrogen) atoms. The summed E-state index contributed by atoms with van der Waals surface area (Å²) in [5.74, 6) is 0. The predicted molar refractivity (Wildman–Crippen MR) is 295 cm³/mol. The van der Waals surface area contributed by atoms with E-state index in [4.69, 9.17) is 14.3 Å². The van der Waals surface area contributed by atoms with Gasteiger partial charge in [0, 0.05) is 39.5 Å². The Hall–Kier alpha value is -7.62. The Bertz CT molecular complexity index is 3890. The Kier molecular flexibility index (Phi) is 12.0. The number of rotatable bonds is 4. The zero-order valence-corrected chi connectivity index (χ0v) is 40.9. The van der Waals surface area contributed by atoms with Gasteiger partial charge in [-0.25, -0.2) is 9.97 Å². The van der Waals surface area contributed by atoms with Crippen molar-refractivity contribution >= 4 is 93.7 Å². The number of fused-ring (bicyclic) bond motifs is 8. The summed E-state index contributed by atoms with van der Waals surface area (Å²) in [6.45, 7) is 8.34. The Morgan fingerprint density at radius 3 is 1.43 bits per heavy atom. The SMILES string of the molecule is Brc1ccc2ccc3cccnc3c2n1.CC1(C)OB(c2cccc(-c3cccc4ccccc34)c2)OC1(C)C.c1cc(-c2ccc3ccc4cccnc4c3n2)cc(-c2cccc3ccccc23)c1. The lowest BCUT2D eigenvalue weighted by Crippen LogP contribution is -2.41. The first kappa shape index (κ1) is 44.9. The highest BCUT2D eigenvalue weighted by molar-refractivity contribution is 9.10. The molecule has 8 heteroatoms. The number of hydrogen-bond donors (Lipinski definition) is 0. The number of benzene rings is 8. The fraction of sp³-hybridized carbons (Fsp3) is 0.0968. The van der Waals surface area contributed by atoms with Gasteiger partial charge in [0.05, 0.1) is 39.0 Å². The van der Waals surface area contributed by atoms with Crippen LogP contribution >= 0.6 is 15.9 Å². The monoisotopic (exact) mass is 970 g/mol. The van der Waals surface area contributed by atoms with Gasteiger partial charge in [0.25, 0.3) is 0 Å². The normalized spacial score (nSPS) is 13.9. The second kappa shape index (κ2) is 18.7. The van der Waals surface area contributed by atoms with Crippen LogP contribution in [-0.2, 0) is 9.31 Å². The van der Waals surface area contributed by atoms with Gasteiger partial charge in [0.2, 0.25) is 0 Å². The van der Waals surface area contributed by atoms with Gasteiger partial charge >= 0.3 is 7.12 Å². The lowest BCUT2D eigenvalue weighted by Gasteiger charge is -2.32. The highest BCUT2D eigenvalue weighted by Gasteiger charge is 2.51. The minimum absolute atomic E-state index is 0.326. The molecule has 0 radical (unpaired) electrons. The molecule has 5 heterocycles. The molecule has 0 bridgehead atoms. The topological polar surface area (TPSA) is 70.0 Å². The molecule has 1 fully saturated rings. The molecule has 0 aliphatic carbocycles. The average Bonchev–Trinajstić information content (AvgIpc) is 3.63. The lowest BCUT2D eigenvalue weighted by atomic mass is 9.78. The molecule has 1 aliphatic heterocycles. The van der Waals surface area contributed by atoms with Gasteiger partial charge in [-0.05, 0) is 123 Å². The summed E-state index contributed by atoms with van der Waals surface area (Å²) in [5.41, 5.74) is 11.1. The maximum Gasteiger partial charge on any atom is 0.494 e. The van der Waals surface area contributed by atoms with Crippen molar-refractivity contribution in [1.29, 1.82) is 0 Å². The summed E-state index contributed by atoms with van der Waals surface area (Å²) < 4.78 is 13.3. The molecule has 338 valence electrons. The van der Waals surface area contributed by atoms with Gasteiger partial charge < -0.3 is 9.31 Å². The summed E-state index contributed by atoms with van der Waals surface area (Å²) in [6.07, 6.45) is 3.63. The number of hydrogen-bond acceptors (Lipinski definition) is 6. The van der Waals surface area contributed by atoms with Gasteiger partial charge in [-0.1, -0.05) is 176 Å². The van der Waals surface area contributed by atoms with E-state index in [1.165, 1.54) is 43.8 Å². The molecule has 4 aromatic heterocycles. The molecule has 0 spiro atoms. The van der Waals surface area contributed by atoms with E-state index in [1.807, 2.05) is 36.5 Å². The highest BCUT2D eigenvalue weighted by Crippen LogP contribution is 2.38.